The lowest BCUT2D eigenvalue weighted by Gasteiger charge is -2.36. The van der Waals surface area contributed by atoms with Crippen molar-refractivity contribution >= 4 is 22.8 Å². The number of aromatic nitrogens is 3. The summed E-state index contributed by atoms with van der Waals surface area (Å²) < 4.78 is 11.4. The third-order valence-corrected chi connectivity index (χ3v) is 5.70. The van der Waals surface area contributed by atoms with Gasteiger partial charge < -0.3 is 24.4 Å². The summed E-state index contributed by atoms with van der Waals surface area (Å²) >= 11 is 0. The number of phenols is 1. The van der Waals surface area contributed by atoms with Gasteiger partial charge in [-0.3, -0.25) is 0 Å². The molecule has 4 heterocycles. The van der Waals surface area contributed by atoms with Gasteiger partial charge in [0.1, 0.15) is 11.6 Å². The van der Waals surface area contributed by atoms with Crippen LogP contribution in [-0.2, 0) is 9.47 Å². The topological polar surface area (TPSA) is 83.8 Å². The van der Waals surface area contributed by atoms with Crippen LogP contribution in [0.3, 0.4) is 0 Å². The smallest absolute Gasteiger partial charge is 0.229 e. The lowest BCUT2D eigenvalue weighted by Crippen LogP contribution is -2.46. The number of aromatic hydroxyl groups is 1. The van der Waals surface area contributed by atoms with Crippen LogP contribution in [0, 0.1) is 0 Å². The summed E-state index contributed by atoms with van der Waals surface area (Å²) in [7, 11) is 0. The molecular formula is C23H27N5O3. The van der Waals surface area contributed by atoms with Crippen LogP contribution >= 0.6 is 0 Å². The number of fused-ring (bicyclic) bond motifs is 1. The van der Waals surface area contributed by atoms with E-state index in [9.17, 15) is 5.11 Å². The molecule has 1 aromatic carbocycles. The van der Waals surface area contributed by atoms with Crippen LogP contribution in [-0.4, -0.2) is 71.7 Å². The van der Waals surface area contributed by atoms with Crippen molar-refractivity contribution in [3.8, 4) is 17.0 Å². The molecular weight excluding hydrogens is 394 g/mol. The standard InChI is InChI=1S/C23H27N5O3/c1-15-13-28(14-16(2)31-15)23-25-21-19(22(26-23)27-9-11-30-12-10-27)7-8-20(24-21)17-3-5-18(29)6-4-17/h3-8,15-16,29H,9-14H2,1-2H3/t15-,16+. The summed E-state index contributed by atoms with van der Waals surface area (Å²) in [4.78, 5) is 19.2. The Kier molecular flexibility index (Phi) is 5.33. The number of hydrogen-bond donors (Lipinski definition) is 1. The molecule has 0 saturated carbocycles. The van der Waals surface area contributed by atoms with E-state index in [1.807, 2.05) is 24.3 Å². The number of ether oxygens (including phenoxy) is 2. The van der Waals surface area contributed by atoms with Crippen LogP contribution < -0.4 is 9.80 Å². The number of hydrogen-bond acceptors (Lipinski definition) is 8. The molecule has 2 aliphatic heterocycles. The maximum atomic E-state index is 9.61. The predicted molar refractivity (Wildman–Crippen MR) is 120 cm³/mol. The SMILES string of the molecule is C[C@@H]1CN(c2nc(N3CCOCC3)c3ccc(-c4ccc(O)cc4)nc3n2)C[C@H](C)O1. The Hall–Kier alpha value is -2.97. The van der Waals surface area contributed by atoms with E-state index in [1.165, 1.54) is 0 Å². The molecule has 0 radical (unpaired) electrons. The van der Waals surface area contributed by atoms with E-state index in [1.54, 1.807) is 12.1 Å². The highest BCUT2D eigenvalue weighted by atomic mass is 16.5. The molecule has 5 rings (SSSR count). The molecule has 0 amide bonds. The van der Waals surface area contributed by atoms with Gasteiger partial charge in [-0.1, -0.05) is 0 Å². The summed E-state index contributed by atoms with van der Waals surface area (Å²) in [5.74, 6) is 1.82. The second kappa shape index (κ2) is 8.28. The molecule has 0 bridgehead atoms. The van der Waals surface area contributed by atoms with Crippen LogP contribution in [0.2, 0.25) is 0 Å². The molecule has 0 aliphatic carbocycles. The molecule has 3 aromatic rings. The number of rotatable bonds is 3. The van der Waals surface area contributed by atoms with Crippen LogP contribution in [0.25, 0.3) is 22.3 Å². The average molecular weight is 422 g/mol. The van der Waals surface area contributed by atoms with Crippen molar-refractivity contribution in [2.75, 3.05) is 49.2 Å². The maximum Gasteiger partial charge on any atom is 0.229 e. The second-order valence-electron chi connectivity index (χ2n) is 8.22. The number of pyridine rings is 1. The molecule has 31 heavy (non-hydrogen) atoms. The fourth-order valence-electron chi connectivity index (χ4n) is 4.27. The molecule has 0 spiro atoms. The number of benzene rings is 1. The van der Waals surface area contributed by atoms with Gasteiger partial charge in [0, 0.05) is 31.7 Å². The first-order valence-corrected chi connectivity index (χ1v) is 10.8. The minimum absolute atomic E-state index is 0.117. The van der Waals surface area contributed by atoms with Crippen molar-refractivity contribution in [1.82, 2.24) is 15.0 Å². The van der Waals surface area contributed by atoms with E-state index in [-0.39, 0.29) is 18.0 Å². The first-order valence-electron chi connectivity index (χ1n) is 10.8. The van der Waals surface area contributed by atoms with Gasteiger partial charge in [-0.15, -0.1) is 0 Å². The summed E-state index contributed by atoms with van der Waals surface area (Å²) in [5, 5.41) is 10.5. The summed E-state index contributed by atoms with van der Waals surface area (Å²) in [5.41, 5.74) is 2.42. The fraction of sp³-hybridized carbons (Fsp3) is 0.435. The minimum Gasteiger partial charge on any atom is -0.508 e. The average Bonchev–Trinajstić information content (AvgIpc) is 2.78. The van der Waals surface area contributed by atoms with Gasteiger partial charge >= 0.3 is 0 Å². The Balaban J connectivity index is 1.61. The van der Waals surface area contributed by atoms with Crippen LogP contribution in [0.1, 0.15) is 13.8 Å². The van der Waals surface area contributed by atoms with Gasteiger partial charge in [0.25, 0.3) is 0 Å². The van der Waals surface area contributed by atoms with Crippen molar-refractivity contribution < 1.29 is 14.6 Å². The Morgan fingerprint density at radius 2 is 1.58 bits per heavy atom. The Bertz CT molecular complexity index is 1060. The molecule has 1 N–H and O–H groups in total. The number of nitrogens with zero attached hydrogens (tertiary/aromatic N) is 5. The zero-order valence-corrected chi connectivity index (χ0v) is 17.9. The van der Waals surface area contributed by atoms with Gasteiger partial charge in [-0.2, -0.15) is 9.97 Å². The highest BCUT2D eigenvalue weighted by Crippen LogP contribution is 2.30. The molecule has 8 heteroatoms. The van der Waals surface area contributed by atoms with Crippen molar-refractivity contribution in [1.29, 1.82) is 0 Å². The highest BCUT2D eigenvalue weighted by Gasteiger charge is 2.26. The van der Waals surface area contributed by atoms with E-state index in [2.05, 4.69) is 23.6 Å². The van der Waals surface area contributed by atoms with Crippen LogP contribution in [0.5, 0.6) is 5.75 Å². The predicted octanol–water partition coefficient (Wildman–Crippen LogP) is 2.85. The second-order valence-corrected chi connectivity index (χ2v) is 8.22. The Morgan fingerprint density at radius 1 is 0.871 bits per heavy atom. The molecule has 2 atom stereocenters. The number of morpholine rings is 2. The zero-order valence-electron chi connectivity index (χ0n) is 17.9. The number of phenolic OH excluding ortho intramolecular Hbond substituents is 1. The normalized spacial score (nSPS) is 22.1. The van der Waals surface area contributed by atoms with Gasteiger partial charge in [0.05, 0.1) is 36.5 Å². The first-order chi connectivity index (χ1) is 15.1. The summed E-state index contributed by atoms with van der Waals surface area (Å²) in [6.07, 6.45) is 0.234. The molecule has 2 aromatic heterocycles. The lowest BCUT2D eigenvalue weighted by atomic mass is 10.1. The Labute approximate surface area is 181 Å². The van der Waals surface area contributed by atoms with E-state index < -0.39 is 0 Å². The maximum absolute atomic E-state index is 9.61. The summed E-state index contributed by atoms with van der Waals surface area (Å²) in [6.45, 7) is 8.60. The zero-order chi connectivity index (χ0) is 21.4. The fourth-order valence-corrected chi connectivity index (χ4v) is 4.27. The van der Waals surface area contributed by atoms with E-state index in [0.29, 0.717) is 24.8 Å². The third kappa shape index (κ3) is 4.13. The molecule has 162 valence electrons. The molecule has 2 fully saturated rings. The molecule has 2 saturated heterocycles. The van der Waals surface area contributed by atoms with E-state index in [0.717, 1.165) is 48.6 Å². The largest absolute Gasteiger partial charge is 0.508 e. The summed E-state index contributed by atoms with van der Waals surface area (Å²) in [6, 6.07) is 11.1. The minimum atomic E-state index is 0.117. The van der Waals surface area contributed by atoms with Gasteiger partial charge in [-0.05, 0) is 50.2 Å². The monoisotopic (exact) mass is 421 g/mol. The first kappa shape index (κ1) is 20.0. The molecule has 8 nitrogen and oxygen atoms in total. The van der Waals surface area contributed by atoms with E-state index in [4.69, 9.17) is 24.4 Å². The van der Waals surface area contributed by atoms with Gasteiger partial charge in [-0.25, -0.2) is 4.98 Å². The van der Waals surface area contributed by atoms with Crippen LogP contribution in [0.15, 0.2) is 36.4 Å². The lowest BCUT2D eigenvalue weighted by molar-refractivity contribution is -0.00570. The van der Waals surface area contributed by atoms with Gasteiger partial charge in [0.15, 0.2) is 5.65 Å². The molecule has 2 aliphatic rings. The van der Waals surface area contributed by atoms with Crippen LogP contribution in [0.4, 0.5) is 11.8 Å². The highest BCUT2D eigenvalue weighted by molar-refractivity contribution is 5.90. The quantitative estimate of drug-likeness (QED) is 0.691. The van der Waals surface area contributed by atoms with Crippen molar-refractivity contribution in [2.45, 2.75) is 26.1 Å². The van der Waals surface area contributed by atoms with Crippen molar-refractivity contribution in [2.24, 2.45) is 0 Å². The van der Waals surface area contributed by atoms with Gasteiger partial charge in [0.2, 0.25) is 5.95 Å². The van der Waals surface area contributed by atoms with Crippen molar-refractivity contribution in [3.63, 3.8) is 0 Å². The Morgan fingerprint density at radius 3 is 2.29 bits per heavy atom. The molecule has 0 unspecified atom stereocenters. The number of anilines is 2. The third-order valence-electron chi connectivity index (χ3n) is 5.70. The van der Waals surface area contributed by atoms with E-state index >= 15 is 0 Å². The van der Waals surface area contributed by atoms with Crippen molar-refractivity contribution in [3.05, 3.63) is 36.4 Å².